The summed E-state index contributed by atoms with van der Waals surface area (Å²) < 4.78 is 17.8. The van der Waals surface area contributed by atoms with Crippen LogP contribution in [-0.4, -0.2) is 33.1 Å². The smallest absolute Gasteiger partial charge is 0.333 e. The van der Waals surface area contributed by atoms with E-state index in [-0.39, 0.29) is 22.5 Å². The second-order valence-corrected chi connectivity index (χ2v) is 15.3. The van der Waals surface area contributed by atoms with Gasteiger partial charge in [0.25, 0.3) is 0 Å². The molecular weight excluding hydrogens is 368 g/mol. The summed E-state index contributed by atoms with van der Waals surface area (Å²) in [4.78, 5) is 11.5. The van der Waals surface area contributed by atoms with Crippen LogP contribution in [0.5, 0.6) is 0 Å². The first-order valence-corrected chi connectivity index (χ1v) is 14.0. The molecule has 0 aromatic carbocycles. The van der Waals surface area contributed by atoms with Gasteiger partial charge in [-0.3, -0.25) is 0 Å². The summed E-state index contributed by atoms with van der Waals surface area (Å²) in [6.07, 6.45) is 9.44. The zero-order valence-corrected chi connectivity index (χ0v) is 20.3. The third-order valence-electron chi connectivity index (χ3n) is 7.74. The van der Waals surface area contributed by atoms with Gasteiger partial charge in [0.15, 0.2) is 8.32 Å². The lowest BCUT2D eigenvalue weighted by Gasteiger charge is -2.49. The largest absolute Gasteiger partial charge is 0.498 e. The lowest BCUT2D eigenvalue weighted by atomic mass is 9.63. The second kappa shape index (κ2) is 8.91. The summed E-state index contributed by atoms with van der Waals surface area (Å²) >= 11 is 0. The lowest BCUT2D eigenvalue weighted by molar-refractivity contribution is -0.137. The highest BCUT2D eigenvalue weighted by atomic mass is 28.4. The molecule has 0 bridgehead atoms. The highest BCUT2D eigenvalue weighted by Crippen LogP contribution is 2.58. The Bertz CT molecular complexity index is 565. The quantitative estimate of drug-likeness (QED) is 0.221. The van der Waals surface area contributed by atoms with E-state index in [1.54, 1.807) is 6.92 Å². The molecule has 2 aliphatic carbocycles. The van der Waals surface area contributed by atoms with Crippen LogP contribution >= 0.6 is 0 Å². The number of fused-ring (bicyclic) bond motifs is 1. The highest BCUT2D eigenvalue weighted by Gasteiger charge is 2.55. The molecule has 1 unspecified atom stereocenters. The van der Waals surface area contributed by atoms with Crippen molar-refractivity contribution in [1.29, 1.82) is 0 Å². The number of carbonyl (C=O) groups excluding carboxylic acids is 1. The second-order valence-electron chi connectivity index (χ2n) is 10.5. The Kier molecular flexibility index (Phi) is 7.46. The van der Waals surface area contributed by atoms with Gasteiger partial charge >= 0.3 is 5.97 Å². The molecular formula is C23H42O4Si. The van der Waals surface area contributed by atoms with Gasteiger partial charge in [-0.1, -0.05) is 34.1 Å². The van der Waals surface area contributed by atoms with E-state index in [4.69, 9.17) is 13.9 Å². The van der Waals surface area contributed by atoms with E-state index in [1.165, 1.54) is 44.4 Å². The van der Waals surface area contributed by atoms with Gasteiger partial charge in [-0.15, -0.1) is 0 Å². The molecule has 0 saturated heterocycles. The average Bonchev–Trinajstić information content (AvgIpc) is 2.92. The van der Waals surface area contributed by atoms with Gasteiger partial charge in [0.05, 0.1) is 25.0 Å². The Morgan fingerprint density at radius 2 is 1.93 bits per heavy atom. The van der Waals surface area contributed by atoms with Crippen LogP contribution in [0, 0.1) is 17.3 Å². The molecule has 0 heterocycles. The van der Waals surface area contributed by atoms with Crippen LogP contribution in [0.4, 0.5) is 0 Å². The molecule has 28 heavy (non-hydrogen) atoms. The molecule has 0 aliphatic heterocycles. The third-order valence-corrected chi connectivity index (χ3v) is 12.2. The minimum absolute atomic E-state index is 0.0901. The highest BCUT2D eigenvalue weighted by molar-refractivity contribution is 6.74. The number of hydrogen-bond donors (Lipinski definition) is 0. The maximum atomic E-state index is 11.5. The zero-order chi connectivity index (χ0) is 21.2. The third kappa shape index (κ3) is 5.02. The van der Waals surface area contributed by atoms with Gasteiger partial charge in [0, 0.05) is 12.0 Å². The van der Waals surface area contributed by atoms with Crippen molar-refractivity contribution in [3.63, 3.8) is 0 Å². The summed E-state index contributed by atoms with van der Waals surface area (Å²) in [5, 5.41) is 0.243. The van der Waals surface area contributed by atoms with E-state index >= 15 is 0 Å². The van der Waals surface area contributed by atoms with Crippen molar-refractivity contribution >= 4 is 14.3 Å². The normalized spacial score (nSPS) is 32.2. The van der Waals surface area contributed by atoms with Gasteiger partial charge in [0.1, 0.15) is 0 Å². The fourth-order valence-corrected chi connectivity index (χ4v) is 6.52. The Hall–Kier alpha value is -0.813. The maximum absolute atomic E-state index is 11.5. The van der Waals surface area contributed by atoms with E-state index in [0.717, 1.165) is 0 Å². The first-order chi connectivity index (χ1) is 12.9. The van der Waals surface area contributed by atoms with Crippen LogP contribution in [0.2, 0.25) is 18.1 Å². The number of ether oxygens (including phenoxy) is 2. The lowest BCUT2D eigenvalue weighted by Crippen LogP contribution is -2.50. The Morgan fingerprint density at radius 1 is 1.25 bits per heavy atom. The van der Waals surface area contributed by atoms with Gasteiger partial charge < -0.3 is 13.9 Å². The standard InChI is InChI=1S/C23H42O4Si/c1-9-25-21(24)14-16-26-17(2)18-12-13-19-20(11-10-15-23(18,19)6)27-28(7,8)22(3,4)5/h14,16-20H,9-13,15H2,1-8H3/b16-14+/t17-,18+,19-,20?,23+/m0/s1. The molecule has 0 N–H and O–H groups in total. The molecule has 5 heteroatoms. The van der Waals surface area contributed by atoms with Crippen LogP contribution in [-0.2, 0) is 18.7 Å². The number of rotatable bonds is 7. The van der Waals surface area contributed by atoms with Crippen molar-refractivity contribution in [2.45, 2.75) is 104 Å². The van der Waals surface area contributed by atoms with Gasteiger partial charge in [-0.2, -0.15) is 0 Å². The number of carbonyl (C=O) groups is 1. The fourth-order valence-electron chi connectivity index (χ4n) is 5.13. The predicted octanol–water partition coefficient (Wildman–Crippen LogP) is 6.08. The van der Waals surface area contributed by atoms with E-state index < -0.39 is 8.32 Å². The average molecular weight is 411 g/mol. The predicted molar refractivity (Wildman–Crippen MR) is 117 cm³/mol. The van der Waals surface area contributed by atoms with Crippen molar-refractivity contribution < 1.29 is 18.7 Å². The summed E-state index contributed by atoms with van der Waals surface area (Å²) in [5.74, 6) is 0.765. The molecule has 0 radical (unpaired) electrons. The summed E-state index contributed by atoms with van der Waals surface area (Å²) in [5.41, 5.74) is 0.252. The topological polar surface area (TPSA) is 44.8 Å². The molecule has 4 nitrogen and oxygen atoms in total. The van der Waals surface area contributed by atoms with Gasteiger partial charge in [-0.25, -0.2) is 4.79 Å². The minimum Gasteiger partial charge on any atom is -0.498 e. The first-order valence-electron chi connectivity index (χ1n) is 11.1. The monoisotopic (exact) mass is 410 g/mol. The van der Waals surface area contributed by atoms with Crippen LogP contribution in [0.3, 0.4) is 0 Å². The van der Waals surface area contributed by atoms with Crippen molar-refractivity contribution in [3.8, 4) is 0 Å². The number of esters is 1. The van der Waals surface area contributed by atoms with Crippen LogP contribution in [0.1, 0.15) is 73.6 Å². The molecule has 2 fully saturated rings. The van der Waals surface area contributed by atoms with Crippen molar-refractivity contribution in [3.05, 3.63) is 12.3 Å². The zero-order valence-electron chi connectivity index (χ0n) is 19.3. The maximum Gasteiger partial charge on any atom is 0.333 e. The minimum atomic E-state index is -1.77. The van der Waals surface area contributed by atoms with E-state index in [0.29, 0.717) is 24.5 Å². The van der Waals surface area contributed by atoms with Crippen LogP contribution < -0.4 is 0 Å². The molecule has 0 aromatic heterocycles. The molecule has 2 rings (SSSR count). The SMILES string of the molecule is CCOC(=O)/C=C/O[C@@H](C)[C@H]1CC[C@H]2C(O[Si](C)(C)C(C)(C)C)CCC[C@]12C. The summed E-state index contributed by atoms with van der Waals surface area (Å²) in [6.45, 7) is 18.5. The van der Waals surface area contributed by atoms with Crippen LogP contribution in [0.25, 0.3) is 0 Å². The van der Waals surface area contributed by atoms with Gasteiger partial charge in [-0.05, 0) is 69.0 Å². The van der Waals surface area contributed by atoms with Crippen LogP contribution in [0.15, 0.2) is 12.3 Å². The molecule has 5 atom stereocenters. The van der Waals surface area contributed by atoms with Gasteiger partial charge in [0.2, 0.25) is 0 Å². The molecule has 2 aliphatic rings. The Morgan fingerprint density at radius 3 is 2.54 bits per heavy atom. The molecule has 2 saturated carbocycles. The summed E-state index contributed by atoms with van der Waals surface area (Å²) in [6, 6.07) is 0. The van der Waals surface area contributed by atoms with E-state index in [1.807, 2.05) is 0 Å². The number of hydrogen-bond acceptors (Lipinski definition) is 4. The molecule has 0 amide bonds. The summed E-state index contributed by atoms with van der Waals surface area (Å²) in [7, 11) is -1.77. The molecule has 162 valence electrons. The Labute approximate surface area is 173 Å². The van der Waals surface area contributed by atoms with E-state index in [9.17, 15) is 4.79 Å². The fraction of sp³-hybridized carbons (Fsp3) is 0.870. The van der Waals surface area contributed by atoms with E-state index in [2.05, 4.69) is 47.7 Å². The van der Waals surface area contributed by atoms with Crippen molar-refractivity contribution in [2.75, 3.05) is 6.61 Å². The molecule has 0 aromatic rings. The van der Waals surface area contributed by atoms with Crippen molar-refractivity contribution in [1.82, 2.24) is 0 Å². The molecule has 0 spiro atoms. The Balaban J connectivity index is 2.05. The first kappa shape index (κ1) is 23.5. The van der Waals surface area contributed by atoms with Crippen molar-refractivity contribution in [2.24, 2.45) is 17.3 Å².